The lowest BCUT2D eigenvalue weighted by atomic mass is 9.94. The highest BCUT2D eigenvalue weighted by molar-refractivity contribution is 5.69. The van der Waals surface area contributed by atoms with Crippen LogP contribution in [0.25, 0.3) is 0 Å². The van der Waals surface area contributed by atoms with Crippen LogP contribution in [-0.4, -0.2) is 22.2 Å². The van der Waals surface area contributed by atoms with Gasteiger partial charge in [-0.05, 0) is 31.9 Å². The largest absolute Gasteiger partial charge is 0.396 e. The van der Waals surface area contributed by atoms with Crippen LogP contribution in [-0.2, 0) is 0 Å². The third-order valence-corrected chi connectivity index (χ3v) is 3.22. The van der Waals surface area contributed by atoms with Crippen LogP contribution in [0.5, 0.6) is 0 Å². The minimum absolute atomic E-state index is 0.0108. The third kappa shape index (κ3) is 3.42. The Labute approximate surface area is 111 Å². The molecule has 0 aliphatic heterocycles. The standard InChI is InChI=1S/C13H17N3O3/c1-3-13(2,7-8-17)15-11-6-4-5-10(9-14)12(11)16(18)19/h4-6,15,17H,3,7-8H2,1-2H3. The zero-order chi connectivity index (χ0) is 14.5. The Morgan fingerprint density at radius 3 is 2.74 bits per heavy atom. The van der Waals surface area contributed by atoms with Gasteiger partial charge < -0.3 is 10.4 Å². The maximum Gasteiger partial charge on any atom is 0.309 e. The summed E-state index contributed by atoms with van der Waals surface area (Å²) in [5.74, 6) is 0. The van der Waals surface area contributed by atoms with Crippen LogP contribution in [0.1, 0.15) is 32.3 Å². The highest BCUT2D eigenvalue weighted by Gasteiger charge is 2.27. The molecule has 0 aliphatic carbocycles. The first kappa shape index (κ1) is 14.9. The van der Waals surface area contributed by atoms with Gasteiger partial charge in [-0.2, -0.15) is 5.26 Å². The number of para-hydroxylation sites is 1. The Kier molecular flexibility index (Phi) is 4.84. The lowest BCUT2D eigenvalue weighted by Gasteiger charge is -2.30. The summed E-state index contributed by atoms with van der Waals surface area (Å²) in [7, 11) is 0. The van der Waals surface area contributed by atoms with Crippen LogP contribution in [0.4, 0.5) is 11.4 Å². The quantitative estimate of drug-likeness (QED) is 0.606. The predicted octanol–water partition coefficient (Wildman–Crippen LogP) is 2.43. The number of hydrogen-bond acceptors (Lipinski definition) is 5. The SMILES string of the molecule is CCC(C)(CCO)Nc1cccc(C#N)c1[N+](=O)[O-]. The lowest BCUT2D eigenvalue weighted by molar-refractivity contribution is -0.384. The number of nitrogens with zero attached hydrogens (tertiary/aromatic N) is 2. The van der Waals surface area contributed by atoms with Gasteiger partial charge in [0.1, 0.15) is 17.3 Å². The lowest BCUT2D eigenvalue weighted by Crippen LogP contribution is -2.35. The number of aliphatic hydroxyl groups excluding tert-OH is 1. The number of aliphatic hydroxyl groups is 1. The second-order valence-electron chi connectivity index (χ2n) is 4.58. The molecule has 6 heteroatoms. The smallest absolute Gasteiger partial charge is 0.309 e. The van der Waals surface area contributed by atoms with Crippen molar-refractivity contribution < 1.29 is 10.0 Å². The summed E-state index contributed by atoms with van der Waals surface area (Å²) >= 11 is 0. The van der Waals surface area contributed by atoms with Crippen molar-refractivity contribution in [3.8, 4) is 6.07 Å². The van der Waals surface area contributed by atoms with Gasteiger partial charge in [-0.3, -0.25) is 10.1 Å². The fourth-order valence-electron chi connectivity index (χ4n) is 1.83. The van der Waals surface area contributed by atoms with Crippen LogP contribution in [0.3, 0.4) is 0 Å². The first-order chi connectivity index (χ1) is 8.97. The van der Waals surface area contributed by atoms with E-state index >= 15 is 0 Å². The first-order valence-electron chi connectivity index (χ1n) is 6.04. The molecule has 0 aliphatic rings. The van der Waals surface area contributed by atoms with E-state index in [1.807, 2.05) is 19.9 Å². The van der Waals surface area contributed by atoms with Crippen molar-refractivity contribution in [2.24, 2.45) is 0 Å². The molecule has 1 rings (SSSR count). The van der Waals surface area contributed by atoms with Crippen molar-refractivity contribution in [1.82, 2.24) is 0 Å². The van der Waals surface area contributed by atoms with E-state index in [-0.39, 0.29) is 17.9 Å². The van der Waals surface area contributed by atoms with Gasteiger partial charge in [0.2, 0.25) is 0 Å². The highest BCUT2D eigenvalue weighted by atomic mass is 16.6. The summed E-state index contributed by atoms with van der Waals surface area (Å²) in [6.07, 6.45) is 1.17. The van der Waals surface area contributed by atoms with E-state index in [4.69, 9.17) is 10.4 Å². The van der Waals surface area contributed by atoms with Crippen molar-refractivity contribution >= 4 is 11.4 Å². The minimum atomic E-state index is -0.560. The summed E-state index contributed by atoms with van der Waals surface area (Å²) in [6, 6.07) is 6.41. The third-order valence-electron chi connectivity index (χ3n) is 3.22. The Bertz CT molecular complexity index is 510. The fraction of sp³-hybridized carbons (Fsp3) is 0.462. The number of rotatable bonds is 6. The van der Waals surface area contributed by atoms with Gasteiger partial charge in [-0.25, -0.2) is 0 Å². The number of nitro groups is 1. The molecule has 102 valence electrons. The van der Waals surface area contributed by atoms with E-state index in [9.17, 15) is 10.1 Å². The Morgan fingerprint density at radius 2 is 2.26 bits per heavy atom. The van der Waals surface area contributed by atoms with E-state index in [0.29, 0.717) is 18.5 Å². The van der Waals surface area contributed by atoms with E-state index in [1.165, 1.54) is 6.07 Å². The maximum atomic E-state index is 11.1. The molecular formula is C13H17N3O3. The van der Waals surface area contributed by atoms with Gasteiger partial charge in [0.25, 0.3) is 0 Å². The molecule has 2 N–H and O–H groups in total. The fourth-order valence-corrected chi connectivity index (χ4v) is 1.83. The van der Waals surface area contributed by atoms with Crippen LogP contribution in [0.15, 0.2) is 18.2 Å². The van der Waals surface area contributed by atoms with E-state index in [2.05, 4.69) is 5.32 Å². The topological polar surface area (TPSA) is 99.2 Å². The van der Waals surface area contributed by atoms with Crippen LogP contribution in [0.2, 0.25) is 0 Å². The average molecular weight is 263 g/mol. The summed E-state index contributed by atoms with van der Waals surface area (Å²) in [4.78, 5) is 10.5. The van der Waals surface area contributed by atoms with Gasteiger partial charge in [0, 0.05) is 12.1 Å². The van der Waals surface area contributed by atoms with Crippen molar-refractivity contribution in [2.45, 2.75) is 32.2 Å². The van der Waals surface area contributed by atoms with E-state index in [1.54, 1.807) is 12.1 Å². The zero-order valence-corrected chi connectivity index (χ0v) is 11.0. The molecule has 1 atom stereocenters. The van der Waals surface area contributed by atoms with Crippen LogP contribution < -0.4 is 5.32 Å². The molecule has 0 fully saturated rings. The predicted molar refractivity (Wildman–Crippen MR) is 71.8 cm³/mol. The molecule has 1 aromatic rings. The minimum Gasteiger partial charge on any atom is -0.396 e. The molecule has 0 saturated heterocycles. The summed E-state index contributed by atoms with van der Waals surface area (Å²) < 4.78 is 0. The van der Waals surface area contributed by atoms with Crippen molar-refractivity contribution in [3.63, 3.8) is 0 Å². The normalized spacial score (nSPS) is 13.4. The highest BCUT2D eigenvalue weighted by Crippen LogP contribution is 2.32. The van der Waals surface area contributed by atoms with Crippen molar-refractivity contribution in [2.75, 3.05) is 11.9 Å². The second-order valence-corrected chi connectivity index (χ2v) is 4.58. The molecule has 19 heavy (non-hydrogen) atoms. The number of nitro benzene ring substituents is 1. The zero-order valence-electron chi connectivity index (χ0n) is 11.0. The molecule has 0 saturated carbocycles. The molecule has 0 aromatic heterocycles. The van der Waals surface area contributed by atoms with Crippen molar-refractivity contribution in [3.05, 3.63) is 33.9 Å². The summed E-state index contributed by atoms with van der Waals surface area (Å²) in [5, 5.41) is 32.2. The Balaban J connectivity index is 3.21. The Hall–Kier alpha value is -2.13. The van der Waals surface area contributed by atoms with Crippen LogP contribution >= 0.6 is 0 Å². The molecule has 0 spiro atoms. The van der Waals surface area contributed by atoms with Gasteiger partial charge in [0.15, 0.2) is 0 Å². The molecule has 6 nitrogen and oxygen atoms in total. The number of anilines is 1. The number of nitriles is 1. The second kappa shape index (κ2) is 6.16. The summed E-state index contributed by atoms with van der Waals surface area (Å²) in [6.45, 7) is 3.80. The molecule has 1 aromatic carbocycles. The van der Waals surface area contributed by atoms with Crippen molar-refractivity contribution in [1.29, 1.82) is 5.26 Å². The van der Waals surface area contributed by atoms with Crippen LogP contribution in [0, 0.1) is 21.4 Å². The molecule has 0 heterocycles. The average Bonchev–Trinajstić information content (AvgIpc) is 2.38. The monoisotopic (exact) mass is 263 g/mol. The molecule has 0 bridgehead atoms. The summed E-state index contributed by atoms with van der Waals surface area (Å²) in [5.41, 5.74) is -0.338. The first-order valence-corrected chi connectivity index (χ1v) is 6.04. The Morgan fingerprint density at radius 1 is 1.58 bits per heavy atom. The molecule has 0 amide bonds. The van der Waals surface area contributed by atoms with Gasteiger partial charge in [-0.15, -0.1) is 0 Å². The van der Waals surface area contributed by atoms with Gasteiger partial charge >= 0.3 is 5.69 Å². The van der Waals surface area contributed by atoms with E-state index < -0.39 is 10.5 Å². The molecule has 0 radical (unpaired) electrons. The van der Waals surface area contributed by atoms with Gasteiger partial charge in [-0.1, -0.05) is 13.0 Å². The number of benzene rings is 1. The van der Waals surface area contributed by atoms with E-state index in [0.717, 1.165) is 0 Å². The molecular weight excluding hydrogens is 246 g/mol. The van der Waals surface area contributed by atoms with Gasteiger partial charge in [0.05, 0.1) is 4.92 Å². The number of hydrogen-bond donors (Lipinski definition) is 2. The number of nitrogens with one attached hydrogen (secondary N) is 1. The maximum absolute atomic E-state index is 11.1. The molecule has 1 unspecified atom stereocenters.